The Kier molecular flexibility index (Phi) is 4.44. The maximum Gasteiger partial charge on any atom is 0.236 e. The number of benzene rings is 1. The highest BCUT2D eigenvalue weighted by molar-refractivity contribution is 6.08. The van der Waals surface area contributed by atoms with E-state index in [4.69, 9.17) is 4.74 Å². The lowest BCUT2D eigenvalue weighted by molar-refractivity contribution is -0.138. The van der Waals surface area contributed by atoms with Gasteiger partial charge in [-0.05, 0) is 39.7 Å². The van der Waals surface area contributed by atoms with Gasteiger partial charge in [-0.1, -0.05) is 18.2 Å². The van der Waals surface area contributed by atoms with Crippen molar-refractivity contribution in [2.24, 2.45) is 5.41 Å². The second kappa shape index (κ2) is 5.99. The lowest BCUT2D eigenvalue weighted by Gasteiger charge is -2.24. The van der Waals surface area contributed by atoms with Gasteiger partial charge in [-0.15, -0.1) is 0 Å². The molecule has 0 bridgehead atoms. The summed E-state index contributed by atoms with van der Waals surface area (Å²) >= 11 is 0. The molecule has 0 saturated heterocycles. The number of carbonyl (C=O) groups excluding carboxylic acids is 2. The molecular formula is C17H24N2O3. The van der Waals surface area contributed by atoms with E-state index >= 15 is 0 Å². The summed E-state index contributed by atoms with van der Waals surface area (Å²) in [6.07, 6.45) is 1.21. The molecule has 0 unspecified atom stereocenters. The number of para-hydroxylation sites is 1. The van der Waals surface area contributed by atoms with Crippen molar-refractivity contribution in [2.45, 2.75) is 45.7 Å². The quantitative estimate of drug-likeness (QED) is 0.818. The lowest BCUT2D eigenvalue weighted by Crippen LogP contribution is -2.49. The number of amides is 2. The first-order valence-electron chi connectivity index (χ1n) is 7.51. The molecule has 2 amide bonds. The average Bonchev–Trinajstić information content (AvgIpc) is 3.25. The van der Waals surface area contributed by atoms with E-state index in [1.165, 1.54) is 0 Å². The highest BCUT2D eigenvalue weighted by Crippen LogP contribution is 2.46. The van der Waals surface area contributed by atoms with E-state index in [-0.39, 0.29) is 17.4 Å². The molecule has 0 aromatic heterocycles. The van der Waals surface area contributed by atoms with Crippen molar-refractivity contribution in [1.29, 1.82) is 0 Å². The van der Waals surface area contributed by atoms with E-state index in [0.717, 1.165) is 11.3 Å². The van der Waals surface area contributed by atoms with Crippen molar-refractivity contribution in [2.75, 3.05) is 7.11 Å². The van der Waals surface area contributed by atoms with Gasteiger partial charge in [0, 0.05) is 17.6 Å². The summed E-state index contributed by atoms with van der Waals surface area (Å²) in [5.41, 5.74) is -0.337. The Morgan fingerprint density at radius 3 is 2.36 bits per heavy atom. The Labute approximate surface area is 131 Å². The number of methoxy groups -OCH3 is 1. The summed E-state index contributed by atoms with van der Waals surface area (Å²) in [6.45, 7) is 6.09. The van der Waals surface area contributed by atoms with E-state index in [1.54, 1.807) is 7.11 Å². The fourth-order valence-corrected chi connectivity index (χ4v) is 2.34. The zero-order chi connectivity index (χ0) is 16.4. The van der Waals surface area contributed by atoms with Crippen molar-refractivity contribution in [3.8, 4) is 5.75 Å². The van der Waals surface area contributed by atoms with Crippen LogP contribution in [0.4, 0.5) is 0 Å². The van der Waals surface area contributed by atoms with Crippen LogP contribution in [0.3, 0.4) is 0 Å². The fourth-order valence-electron chi connectivity index (χ4n) is 2.34. The van der Waals surface area contributed by atoms with Gasteiger partial charge in [0.05, 0.1) is 7.11 Å². The van der Waals surface area contributed by atoms with Gasteiger partial charge in [0.2, 0.25) is 11.8 Å². The van der Waals surface area contributed by atoms with Gasteiger partial charge in [-0.3, -0.25) is 9.59 Å². The highest BCUT2D eigenvalue weighted by atomic mass is 16.5. The van der Waals surface area contributed by atoms with Crippen molar-refractivity contribution in [3.63, 3.8) is 0 Å². The molecule has 0 atom stereocenters. The van der Waals surface area contributed by atoms with Crippen molar-refractivity contribution < 1.29 is 14.3 Å². The number of hydrogen-bond donors (Lipinski definition) is 2. The zero-order valence-electron chi connectivity index (χ0n) is 13.7. The van der Waals surface area contributed by atoms with Crippen LogP contribution in [0.1, 0.15) is 39.2 Å². The summed E-state index contributed by atoms with van der Waals surface area (Å²) in [5.74, 6) is 0.337. The van der Waals surface area contributed by atoms with E-state index in [0.29, 0.717) is 19.4 Å². The first-order chi connectivity index (χ1) is 10.3. The van der Waals surface area contributed by atoms with E-state index < -0.39 is 5.41 Å². The van der Waals surface area contributed by atoms with Gasteiger partial charge in [0.15, 0.2) is 0 Å². The van der Waals surface area contributed by atoms with Crippen LogP contribution in [0.5, 0.6) is 5.75 Å². The number of ether oxygens (including phenoxy) is 1. The predicted molar refractivity (Wildman–Crippen MR) is 84.4 cm³/mol. The maximum atomic E-state index is 12.4. The molecule has 5 nitrogen and oxygen atoms in total. The van der Waals surface area contributed by atoms with Crippen LogP contribution in [0.15, 0.2) is 24.3 Å². The Bertz CT molecular complexity index is 572. The standard InChI is InChI=1S/C17H24N2O3/c1-16(2,3)19-15(21)17(9-10-17)14(20)18-11-12-7-5-6-8-13(12)22-4/h5-8H,9-11H2,1-4H3,(H,18,20)(H,19,21). The van der Waals surface area contributed by atoms with Crippen LogP contribution in [0, 0.1) is 5.41 Å². The molecule has 1 aromatic carbocycles. The first-order valence-corrected chi connectivity index (χ1v) is 7.51. The second-order valence-electron chi connectivity index (χ2n) is 6.78. The van der Waals surface area contributed by atoms with Gasteiger partial charge >= 0.3 is 0 Å². The molecule has 0 spiro atoms. The largest absolute Gasteiger partial charge is 0.496 e. The second-order valence-corrected chi connectivity index (χ2v) is 6.78. The third-order valence-corrected chi connectivity index (χ3v) is 3.74. The number of rotatable bonds is 5. The minimum atomic E-state index is -0.894. The average molecular weight is 304 g/mol. The molecule has 1 saturated carbocycles. The summed E-state index contributed by atoms with van der Waals surface area (Å²) in [7, 11) is 1.60. The van der Waals surface area contributed by atoms with Gasteiger partial charge in [-0.25, -0.2) is 0 Å². The molecule has 120 valence electrons. The Balaban J connectivity index is 1.99. The molecule has 22 heavy (non-hydrogen) atoms. The third-order valence-electron chi connectivity index (χ3n) is 3.74. The predicted octanol–water partition coefficient (Wildman–Crippen LogP) is 2.01. The SMILES string of the molecule is COc1ccccc1CNC(=O)C1(C(=O)NC(C)(C)C)CC1. The van der Waals surface area contributed by atoms with E-state index in [2.05, 4.69) is 10.6 Å². The number of nitrogens with one attached hydrogen (secondary N) is 2. The van der Waals surface area contributed by atoms with Crippen molar-refractivity contribution >= 4 is 11.8 Å². The number of carbonyl (C=O) groups is 2. The Morgan fingerprint density at radius 2 is 1.82 bits per heavy atom. The minimum absolute atomic E-state index is 0.183. The molecule has 1 aliphatic carbocycles. The van der Waals surface area contributed by atoms with Crippen LogP contribution in [-0.4, -0.2) is 24.5 Å². The third kappa shape index (κ3) is 3.59. The molecule has 1 aromatic rings. The molecule has 0 radical (unpaired) electrons. The van der Waals surface area contributed by atoms with Crippen LogP contribution >= 0.6 is 0 Å². The number of hydrogen-bond acceptors (Lipinski definition) is 3. The Morgan fingerprint density at radius 1 is 1.18 bits per heavy atom. The van der Waals surface area contributed by atoms with Gasteiger partial charge in [-0.2, -0.15) is 0 Å². The van der Waals surface area contributed by atoms with Gasteiger partial charge in [0.1, 0.15) is 11.2 Å². The summed E-state index contributed by atoms with van der Waals surface area (Å²) in [6, 6.07) is 7.52. The summed E-state index contributed by atoms with van der Waals surface area (Å²) < 4.78 is 5.26. The Hall–Kier alpha value is -2.04. The molecule has 0 aliphatic heterocycles. The topological polar surface area (TPSA) is 67.4 Å². The highest BCUT2D eigenvalue weighted by Gasteiger charge is 2.56. The van der Waals surface area contributed by atoms with Crippen LogP contribution in [0.25, 0.3) is 0 Å². The van der Waals surface area contributed by atoms with Crippen LogP contribution < -0.4 is 15.4 Å². The monoisotopic (exact) mass is 304 g/mol. The molecule has 2 N–H and O–H groups in total. The molecule has 0 heterocycles. The van der Waals surface area contributed by atoms with Crippen LogP contribution in [0.2, 0.25) is 0 Å². The van der Waals surface area contributed by atoms with Gasteiger partial charge < -0.3 is 15.4 Å². The molecule has 2 rings (SSSR count). The van der Waals surface area contributed by atoms with Gasteiger partial charge in [0.25, 0.3) is 0 Å². The van der Waals surface area contributed by atoms with E-state index in [9.17, 15) is 9.59 Å². The van der Waals surface area contributed by atoms with Crippen LogP contribution in [-0.2, 0) is 16.1 Å². The molecule has 1 fully saturated rings. The molecular weight excluding hydrogens is 280 g/mol. The normalized spacial score (nSPS) is 15.8. The minimum Gasteiger partial charge on any atom is -0.496 e. The smallest absolute Gasteiger partial charge is 0.236 e. The fraction of sp³-hybridized carbons (Fsp3) is 0.529. The lowest BCUT2D eigenvalue weighted by atomic mass is 10.0. The van der Waals surface area contributed by atoms with Crippen molar-refractivity contribution in [3.05, 3.63) is 29.8 Å². The zero-order valence-corrected chi connectivity index (χ0v) is 13.7. The van der Waals surface area contributed by atoms with E-state index in [1.807, 2.05) is 45.0 Å². The molecule has 1 aliphatic rings. The summed E-state index contributed by atoms with van der Waals surface area (Å²) in [4.78, 5) is 24.7. The summed E-state index contributed by atoms with van der Waals surface area (Å²) in [5, 5.41) is 5.76. The van der Waals surface area contributed by atoms with Crippen molar-refractivity contribution in [1.82, 2.24) is 10.6 Å². The maximum absolute atomic E-state index is 12.4. The molecule has 5 heteroatoms. The first kappa shape index (κ1) is 16.3.